The Hall–Kier alpha value is -4.70. The number of esters is 2. The second-order valence-corrected chi connectivity index (χ2v) is 9.83. The van der Waals surface area contributed by atoms with Crippen molar-refractivity contribution >= 4 is 29.4 Å². The van der Waals surface area contributed by atoms with Gasteiger partial charge in [-0.05, 0) is 49.7 Å². The maximum Gasteiger partial charge on any atom is 0.338 e. The molecule has 4 aromatic rings. The maximum absolute atomic E-state index is 13.8. The largest absolute Gasteiger partial charge is 0.497 e. The molecule has 40 heavy (non-hydrogen) atoms. The standard InChI is InChI=1S/C30H26N2O7S/c1-5-38-29(35)25-17(2)31-30-32(26(25)18-9-8-10-19(15-18)36-3)27(33)24(40-30)16-20-13-14-23(39-20)21-11-6-7-12-22(21)28(34)37-4/h6-16,26H,5H2,1-4H3/b24-16+. The first-order chi connectivity index (χ1) is 19.4. The van der Waals surface area contributed by atoms with E-state index < -0.39 is 18.0 Å². The van der Waals surface area contributed by atoms with E-state index in [9.17, 15) is 14.4 Å². The van der Waals surface area contributed by atoms with Crippen LogP contribution in [0, 0.1) is 0 Å². The van der Waals surface area contributed by atoms with Gasteiger partial charge >= 0.3 is 11.9 Å². The third-order valence-electron chi connectivity index (χ3n) is 6.42. The number of thiazole rings is 1. The molecule has 9 nitrogen and oxygen atoms in total. The minimum absolute atomic E-state index is 0.185. The van der Waals surface area contributed by atoms with E-state index in [-0.39, 0.29) is 17.7 Å². The highest BCUT2D eigenvalue weighted by Crippen LogP contribution is 2.32. The molecule has 2 aromatic heterocycles. The first kappa shape index (κ1) is 26.9. The number of fused-ring (bicyclic) bond motifs is 1. The molecule has 0 N–H and O–H groups in total. The van der Waals surface area contributed by atoms with E-state index in [1.54, 1.807) is 81.6 Å². The number of hydrogen-bond donors (Lipinski definition) is 0. The summed E-state index contributed by atoms with van der Waals surface area (Å²) in [5.74, 6) is 0.444. The minimum Gasteiger partial charge on any atom is -0.497 e. The molecule has 0 aliphatic carbocycles. The number of rotatable bonds is 7. The molecule has 10 heteroatoms. The zero-order chi connectivity index (χ0) is 28.4. The summed E-state index contributed by atoms with van der Waals surface area (Å²) in [6.45, 7) is 3.64. The first-order valence-corrected chi connectivity index (χ1v) is 13.3. The van der Waals surface area contributed by atoms with Crippen molar-refractivity contribution in [3.63, 3.8) is 0 Å². The van der Waals surface area contributed by atoms with Gasteiger partial charge in [0.1, 0.15) is 17.3 Å². The van der Waals surface area contributed by atoms with Gasteiger partial charge in [0.2, 0.25) is 0 Å². The molecule has 1 atom stereocenters. The molecule has 3 heterocycles. The van der Waals surface area contributed by atoms with E-state index in [0.29, 0.717) is 49.0 Å². The first-order valence-electron chi connectivity index (χ1n) is 12.5. The number of aromatic nitrogens is 1. The number of nitrogens with zero attached hydrogens (tertiary/aromatic N) is 2. The van der Waals surface area contributed by atoms with E-state index in [2.05, 4.69) is 4.99 Å². The number of benzene rings is 2. The van der Waals surface area contributed by atoms with Gasteiger partial charge in [0.05, 0.1) is 48.2 Å². The summed E-state index contributed by atoms with van der Waals surface area (Å²) in [6, 6.07) is 16.9. The van der Waals surface area contributed by atoms with E-state index >= 15 is 0 Å². The van der Waals surface area contributed by atoms with Crippen LogP contribution in [0.2, 0.25) is 0 Å². The van der Waals surface area contributed by atoms with E-state index in [1.165, 1.54) is 23.0 Å². The fourth-order valence-electron chi connectivity index (χ4n) is 4.61. The van der Waals surface area contributed by atoms with Gasteiger partial charge in [-0.25, -0.2) is 14.6 Å². The summed E-state index contributed by atoms with van der Waals surface area (Å²) in [4.78, 5) is 44.1. The summed E-state index contributed by atoms with van der Waals surface area (Å²) in [5, 5.41) is 0. The predicted octanol–water partition coefficient (Wildman–Crippen LogP) is 3.85. The van der Waals surface area contributed by atoms with Gasteiger partial charge in [0, 0.05) is 11.6 Å². The zero-order valence-electron chi connectivity index (χ0n) is 22.3. The van der Waals surface area contributed by atoms with Crippen molar-refractivity contribution < 1.29 is 28.2 Å². The third-order valence-corrected chi connectivity index (χ3v) is 7.41. The van der Waals surface area contributed by atoms with Crippen molar-refractivity contribution in [1.82, 2.24) is 4.57 Å². The van der Waals surface area contributed by atoms with Gasteiger partial charge in [-0.3, -0.25) is 9.36 Å². The van der Waals surface area contributed by atoms with Crippen molar-refractivity contribution in [2.24, 2.45) is 4.99 Å². The van der Waals surface area contributed by atoms with Crippen LogP contribution in [-0.2, 0) is 14.3 Å². The lowest BCUT2D eigenvalue weighted by atomic mass is 9.95. The molecule has 1 unspecified atom stereocenters. The molecule has 2 aromatic carbocycles. The third kappa shape index (κ3) is 4.89. The molecule has 0 fully saturated rings. The van der Waals surface area contributed by atoms with Crippen molar-refractivity contribution in [3.8, 4) is 17.1 Å². The number of carbonyl (C=O) groups excluding carboxylic acids is 2. The molecule has 0 amide bonds. The number of allylic oxidation sites excluding steroid dienone is 1. The van der Waals surface area contributed by atoms with Crippen LogP contribution in [0.1, 0.15) is 41.6 Å². The Morgan fingerprint density at radius 2 is 1.88 bits per heavy atom. The van der Waals surface area contributed by atoms with Crippen LogP contribution < -0.4 is 19.6 Å². The highest BCUT2D eigenvalue weighted by Gasteiger charge is 2.33. The van der Waals surface area contributed by atoms with Crippen molar-refractivity contribution in [1.29, 1.82) is 0 Å². The summed E-state index contributed by atoms with van der Waals surface area (Å²) in [5.41, 5.74) is 2.05. The highest BCUT2D eigenvalue weighted by atomic mass is 32.1. The van der Waals surface area contributed by atoms with E-state index in [0.717, 1.165) is 0 Å². The van der Waals surface area contributed by atoms with Gasteiger partial charge in [0.15, 0.2) is 4.80 Å². The number of furan rings is 1. The quantitative estimate of drug-likeness (QED) is 0.317. The number of ether oxygens (including phenoxy) is 3. The van der Waals surface area contributed by atoms with Crippen LogP contribution >= 0.6 is 11.3 Å². The molecular weight excluding hydrogens is 532 g/mol. The average Bonchev–Trinajstić information content (AvgIpc) is 3.56. The van der Waals surface area contributed by atoms with Crippen LogP contribution in [-0.4, -0.2) is 37.3 Å². The Labute approximate surface area is 233 Å². The minimum atomic E-state index is -0.758. The van der Waals surface area contributed by atoms with Gasteiger partial charge < -0.3 is 18.6 Å². The molecule has 0 saturated carbocycles. The van der Waals surface area contributed by atoms with Crippen molar-refractivity contribution in [3.05, 3.63) is 109 Å². The molecule has 0 spiro atoms. The smallest absolute Gasteiger partial charge is 0.338 e. The topological polar surface area (TPSA) is 109 Å². The SMILES string of the molecule is CCOC(=O)C1=C(C)N=c2s/c(=C/c3ccc(-c4ccccc4C(=O)OC)o3)c(=O)n2C1c1cccc(OC)c1. The Morgan fingerprint density at radius 3 is 2.62 bits per heavy atom. The molecular formula is C30H26N2O7S. The van der Waals surface area contributed by atoms with E-state index in [4.69, 9.17) is 18.6 Å². The molecule has 1 aliphatic rings. The Balaban J connectivity index is 1.63. The average molecular weight is 559 g/mol. The Bertz CT molecular complexity index is 1830. The Kier molecular flexibility index (Phi) is 7.52. The van der Waals surface area contributed by atoms with Crippen LogP contribution in [0.5, 0.6) is 5.75 Å². The second kappa shape index (κ2) is 11.2. The number of hydrogen-bond acceptors (Lipinski definition) is 9. The molecule has 5 rings (SSSR count). The van der Waals surface area contributed by atoms with Gasteiger partial charge in [0.25, 0.3) is 5.56 Å². The molecule has 0 radical (unpaired) electrons. The predicted molar refractivity (Wildman–Crippen MR) is 149 cm³/mol. The lowest BCUT2D eigenvalue weighted by Gasteiger charge is -2.24. The monoisotopic (exact) mass is 558 g/mol. The van der Waals surface area contributed by atoms with Crippen molar-refractivity contribution in [2.45, 2.75) is 19.9 Å². The summed E-state index contributed by atoms with van der Waals surface area (Å²) in [7, 11) is 2.87. The highest BCUT2D eigenvalue weighted by molar-refractivity contribution is 7.07. The summed E-state index contributed by atoms with van der Waals surface area (Å²) >= 11 is 1.19. The summed E-state index contributed by atoms with van der Waals surface area (Å²) < 4.78 is 23.5. The molecule has 0 bridgehead atoms. The number of methoxy groups -OCH3 is 2. The molecule has 204 valence electrons. The molecule has 1 aliphatic heterocycles. The van der Waals surface area contributed by atoms with Crippen molar-refractivity contribution in [2.75, 3.05) is 20.8 Å². The van der Waals surface area contributed by atoms with Crippen LogP contribution in [0.15, 0.2) is 86.1 Å². The lowest BCUT2D eigenvalue weighted by Crippen LogP contribution is -2.39. The molecule has 0 saturated heterocycles. The second-order valence-electron chi connectivity index (χ2n) is 8.82. The maximum atomic E-state index is 13.8. The van der Waals surface area contributed by atoms with Gasteiger partial charge in [-0.15, -0.1) is 0 Å². The normalized spacial score (nSPS) is 14.9. The Morgan fingerprint density at radius 1 is 1.07 bits per heavy atom. The van der Waals surface area contributed by atoms with Crippen LogP contribution in [0.4, 0.5) is 0 Å². The van der Waals surface area contributed by atoms with Gasteiger partial charge in [-0.2, -0.15) is 0 Å². The van der Waals surface area contributed by atoms with Crippen LogP contribution in [0.3, 0.4) is 0 Å². The lowest BCUT2D eigenvalue weighted by molar-refractivity contribution is -0.139. The summed E-state index contributed by atoms with van der Waals surface area (Å²) in [6.07, 6.45) is 1.63. The fourth-order valence-corrected chi connectivity index (χ4v) is 5.64. The van der Waals surface area contributed by atoms with Gasteiger partial charge in [-0.1, -0.05) is 41.7 Å². The fraction of sp³-hybridized carbons (Fsp3) is 0.200. The van der Waals surface area contributed by atoms with Crippen LogP contribution in [0.25, 0.3) is 17.4 Å². The zero-order valence-corrected chi connectivity index (χ0v) is 23.1. The van der Waals surface area contributed by atoms with E-state index in [1.807, 2.05) is 6.07 Å². The number of carbonyl (C=O) groups is 2.